The predicted molar refractivity (Wildman–Crippen MR) is 69.2 cm³/mol. The Morgan fingerprint density at radius 2 is 1.88 bits per heavy atom. The summed E-state index contributed by atoms with van der Waals surface area (Å²) < 4.78 is 15.8. The van der Waals surface area contributed by atoms with Crippen molar-refractivity contribution in [3.63, 3.8) is 0 Å². The predicted octanol–water partition coefficient (Wildman–Crippen LogP) is 3.11. The smallest absolute Gasteiger partial charge is 0.161 e. The molecule has 0 aliphatic rings. The van der Waals surface area contributed by atoms with E-state index in [1.54, 1.807) is 14.2 Å². The lowest BCUT2D eigenvalue weighted by molar-refractivity contribution is 0.191. The van der Waals surface area contributed by atoms with Crippen molar-refractivity contribution < 1.29 is 14.2 Å². The molecule has 0 N–H and O–H groups in total. The summed E-state index contributed by atoms with van der Waals surface area (Å²) in [5, 5.41) is 0.0567. The first-order valence-corrected chi connectivity index (χ1v) is 6.10. The van der Waals surface area contributed by atoms with Crippen LogP contribution in [-0.2, 0) is 4.74 Å². The van der Waals surface area contributed by atoms with Gasteiger partial charge in [0.05, 0.1) is 25.7 Å². The molecule has 0 saturated heterocycles. The Kier molecular flexibility index (Phi) is 6.82. The van der Waals surface area contributed by atoms with Gasteiger partial charge in [-0.15, -0.1) is 11.6 Å². The largest absolute Gasteiger partial charge is 0.493 e. The van der Waals surface area contributed by atoms with Gasteiger partial charge in [-0.1, -0.05) is 12.1 Å². The highest BCUT2D eigenvalue weighted by molar-refractivity contribution is 6.20. The van der Waals surface area contributed by atoms with Gasteiger partial charge in [-0.2, -0.15) is 0 Å². The van der Waals surface area contributed by atoms with Crippen molar-refractivity contribution in [3.8, 4) is 11.5 Å². The van der Waals surface area contributed by atoms with E-state index in [9.17, 15) is 0 Å². The summed E-state index contributed by atoms with van der Waals surface area (Å²) in [6.07, 6.45) is 1.78. The third-order valence-electron chi connectivity index (χ3n) is 2.34. The van der Waals surface area contributed by atoms with E-state index in [1.165, 1.54) is 0 Å². The van der Waals surface area contributed by atoms with E-state index in [1.807, 2.05) is 24.3 Å². The van der Waals surface area contributed by atoms with E-state index in [2.05, 4.69) is 0 Å². The van der Waals surface area contributed by atoms with Gasteiger partial charge in [-0.05, 0) is 25.0 Å². The molecule has 0 aromatic heterocycles. The van der Waals surface area contributed by atoms with Gasteiger partial charge < -0.3 is 14.2 Å². The molecule has 0 amide bonds. The molecule has 0 aliphatic carbocycles. The van der Waals surface area contributed by atoms with Gasteiger partial charge in [-0.25, -0.2) is 0 Å². The molecule has 1 aromatic carbocycles. The van der Waals surface area contributed by atoms with Crippen molar-refractivity contribution in [1.29, 1.82) is 0 Å². The fourth-order valence-electron chi connectivity index (χ4n) is 1.49. The Hall–Kier alpha value is -0.930. The van der Waals surface area contributed by atoms with Gasteiger partial charge >= 0.3 is 0 Å². The second-order valence-electron chi connectivity index (χ2n) is 3.69. The van der Waals surface area contributed by atoms with Gasteiger partial charge in [0.15, 0.2) is 11.5 Å². The standard InChI is InChI=1S/C13H19ClO3/c1-15-10-11(14)6-5-9-17-13-8-4-3-7-12(13)16-2/h3-4,7-8,11H,5-6,9-10H2,1-2H3. The van der Waals surface area contributed by atoms with Crippen molar-refractivity contribution in [2.45, 2.75) is 18.2 Å². The van der Waals surface area contributed by atoms with Crippen LogP contribution >= 0.6 is 11.6 Å². The SMILES string of the molecule is COCC(Cl)CCCOc1ccccc1OC. The summed E-state index contributed by atoms with van der Waals surface area (Å²) in [5.41, 5.74) is 0. The second-order valence-corrected chi connectivity index (χ2v) is 4.31. The average molecular weight is 259 g/mol. The molecule has 0 aliphatic heterocycles. The van der Waals surface area contributed by atoms with E-state index >= 15 is 0 Å². The van der Waals surface area contributed by atoms with Crippen LogP contribution in [0.5, 0.6) is 11.5 Å². The van der Waals surface area contributed by atoms with Gasteiger partial charge in [0.1, 0.15) is 0 Å². The fourth-order valence-corrected chi connectivity index (χ4v) is 1.77. The summed E-state index contributed by atoms with van der Waals surface area (Å²) >= 11 is 6.02. The highest BCUT2D eigenvalue weighted by Crippen LogP contribution is 2.25. The van der Waals surface area contributed by atoms with E-state index in [0.717, 1.165) is 24.3 Å². The van der Waals surface area contributed by atoms with Gasteiger partial charge in [0.2, 0.25) is 0 Å². The maximum Gasteiger partial charge on any atom is 0.161 e. The highest BCUT2D eigenvalue weighted by atomic mass is 35.5. The van der Waals surface area contributed by atoms with Crippen LogP contribution in [0, 0.1) is 0 Å². The molecule has 0 fully saturated rings. The van der Waals surface area contributed by atoms with Gasteiger partial charge in [0, 0.05) is 7.11 Å². The number of alkyl halides is 1. The lowest BCUT2D eigenvalue weighted by atomic mass is 10.2. The molecule has 0 saturated carbocycles. The molecule has 1 unspecified atom stereocenters. The molecular formula is C13H19ClO3. The summed E-state index contributed by atoms with van der Waals surface area (Å²) in [7, 11) is 3.29. The van der Waals surface area contributed by atoms with Crippen molar-refractivity contribution in [2.24, 2.45) is 0 Å². The van der Waals surface area contributed by atoms with Gasteiger partial charge in [-0.3, -0.25) is 0 Å². The summed E-state index contributed by atoms with van der Waals surface area (Å²) in [6.45, 7) is 1.21. The zero-order valence-corrected chi connectivity index (χ0v) is 11.1. The number of para-hydroxylation sites is 2. The number of benzene rings is 1. The molecule has 1 aromatic rings. The topological polar surface area (TPSA) is 27.7 Å². The molecular weight excluding hydrogens is 240 g/mol. The van der Waals surface area contributed by atoms with E-state index < -0.39 is 0 Å². The molecule has 96 valence electrons. The third kappa shape index (κ3) is 5.29. The lowest BCUT2D eigenvalue weighted by Crippen LogP contribution is -2.09. The van der Waals surface area contributed by atoms with Crippen LogP contribution in [0.1, 0.15) is 12.8 Å². The highest BCUT2D eigenvalue weighted by Gasteiger charge is 2.05. The summed E-state index contributed by atoms with van der Waals surface area (Å²) in [6, 6.07) is 7.61. The second kappa shape index (κ2) is 8.20. The van der Waals surface area contributed by atoms with Crippen LogP contribution in [0.25, 0.3) is 0 Å². The van der Waals surface area contributed by atoms with Crippen LogP contribution < -0.4 is 9.47 Å². The Bertz CT molecular complexity index is 317. The first-order valence-electron chi connectivity index (χ1n) is 5.66. The Labute approximate surface area is 108 Å². The minimum atomic E-state index is 0.0567. The van der Waals surface area contributed by atoms with E-state index in [-0.39, 0.29) is 5.38 Å². The van der Waals surface area contributed by atoms with Crippen LogP contribution in [0.3, 0.4) is 0 Å². The molecule has 1 atom stereocenters. The van der Waals surface area contributed by atoms with E-state index in [0.29, 0.717) is 13.2 Å². The average Bonchev–Trinajstić information content (AvgIpc) is 2.35. The van der Waals surface area contributed by atoms with Crippen molar-refractivity contribution in [2.75, 3.05) is 27.4 Å². The third-order valence-corrected chi connectivity index (χ3v) is 2.68. The summed E-state index contributed by atoms with van der Waals surface area (Å²) in [4.78, 5) is 0. The number of ether oxygens (including phenoxy) is 3. The maximum atomic E-state index is 6.02. The molecule has 0 radical (unpaired) electrons. The Morgan fingerprint density at radius 3 is 2.53 bits per heavy atom. The zero-order valence-electron chi connectivity index (χ0n) is 10.3. The molecule has 4 heteroatoms. The van der Waals surface area contributed by atoms with Crippen LogP contribution in [0.4, 0.5) is 0 Å². The normalized spacial score (nSPS) is 12.2. The van der Waals surface area contributed by atoms with Crippen molar-refractivity contribution >= 4 is 11.6 Å². The molecule has 0 spiro atoms. The molecule has 1 rings (SSSR count). The first-order chi connectivity index (χ1) is 8.27. The van der Waals surface area contributed by atoms with Crippen LogP contribution in [0.15, 0.2) is 24.3 Å². The Morgan fingerprint density at radius 1 is 1.18 bits per heavy atom. The lowest BCUT2D eigenvalue weighted by Gasteiger charge is -2.11. The number of halogens is 1. The van der Waals surface area contributed by atoms with Crippen LogP contribution in [0.2, 0.25) is 0 Å². The number of rotatable bonds is 8. The quantitative estimate of drug-likeness (QED) is 0.530. The number of methoxy groups -OCH3 is 2. The minimum absolute atomic E-state index is 0.0567. The minimum Gasteiger partial charge on any atom is -0.493 e. The number of hydrogen-bond acceptors (Lipinski definition) is 3. The van der Waals surface area contributed by atoms with Crippen molar-refractivity contribution in [3.05, 3.63) is 24.3 Å². The first kappa shape index (κ1) is 14.1. The maximum absolute atomic E-state index is 6.02. The van der Waals surface area contributed by atoms with Gasteiger partial charge in [0.25, 0.3) is 0 Å². The molecule has 0 heterocycles. The number of hydrogen-bond donors (Lipinski definition) is 0. The van der Waals surface area contributed by atoms with E-state index in [4.69, 9.17) is 25.8 Å². The molecule has 17 heavy (non-hydrogen) atoms. The Balaban J connectivity index is 2.26. The zero-order chi connectivity index (χ0) is 12.5. The molecule has 3 nitrogen and oxygen atoms in total. The monoisotopic (exact) mass is 258 g/mol. The van der Waals surface area contributed by atoms with Crippen LogP contribution in [-0.4, -0.2) is 32.8 Å². The summed E-state index contributed by atoms with van der Waals surface area (Å²) in [5.74, 6) is 1.53. The van der Waals surface area contributed by atoms with Crippen molar-refractivity contribution in [1.82, 2.24) is 0 Å². The fraction of sp³-hybridized carbons (Fsp3) is 0.538. The molecule has 0 bridgehead atoms.